The minimum Gasteiger partial charge on any atom is -0.493 e. The SMILES string of the molecule is COc1ccc(C2=NN(C3CCN(S(=O)(=O)CCNCC(O)c4cc(Cl)c(N)c(Cl)c4)CC3)C(=O)[C@@H]3CC=CC[C@H]23)cc1OC.O=C(O)/C=C/C(=O)O. The molecule has 53 heavy (non-hydrogen) atoms. The number of rotatable bonds is 13. The van der Waals surface area contributed by atoms with Crippen LogP contribution in [0, 0.1) is 11.8 Å². The molecule has 2 aromatic carbocycles. The zero-order valence-corrected chi connectivity index (χ0v) is 31.5. The number of allylic oxidation sites excluding steroid dienone is 2. The number of nitrogens with zero attached hydrogens (tertiary/aromatic N) is 3. The van der Waals surface area contributed by atoms with Crippen LogP contribution in [0.5, 0.6) is 11.5 Å². The average molecular weight is 797 g/mol. The van der Waals surface area contributed by atoms with Crippen LogP contribution in [0.4, 0.5) is 5.69 Å². The molecule has 0 aromatic heterocycles. The van der Waals surface area contributed by atoms with E-state index in [2.05, 4.69) is 17.5 Å². The van der Waals surface area contributed by atoms with Gasteiger partial charge in [0, 0.05) is 49.8 Å². The number of benzene rings is 2. The number of hydrogen-bond acceptors (Lipinski definition) is 11. The van der Waals surface area contributed by atoms with E-state index in [0.29, 0.717) is 48.5 Å². The molecule has 1 fully saturated rings. The molecule has 6 N–H and O–H groups in total. The number of nitrogen functional groups attached to an aromatic ring is 1. The van der Waals surface area contributed by atoms with Crippen molar-refractivity contribution in [2.24, 2.45) is 16.9 Å². The number of hydrogen-bond donors (Lipinski definition) is 5. The van der Waals surface area contributed by atoms with Gasteiger partial charge in [-0.1, -0.05) is 35.4 Å². The van der Waals surface area contributed by atoms with E-state index in [9.17, 15) is 27.9 Å². The summed E-state index contributed by atoms with van der Waals surface area (Å²) in [5.74, 6) is -1.72. The third-order valence-electron chi connectivity index (χ3n) is 9.11. The molecule has 5 rings (SSSR count). The van der Waals surface area contributed by atoms with Gasteiger partial charge in [-0.25, -0.2) is 27.3 Å². The van der Waals surface area contributed by atoms with Gasteiger partial charge in [0.15, 0.2) is 11.5 Å². The summed E-state index contributed by atoms with van der Waals surface area (Å²) >= 11 is 12.1. The second kappa shape index (κ2) is 18.7. The van der Waals surface area contributed by atoms with Crippen molar-refractivity contribution in [1.82, 2.24) is 14.6 Å². The maximum absolute atomic E-state index is 13.7. The molecule has 15 nitrogen and oxygen atoms in total. The number of carbonyl (C=O) groups excluding carboxylic acids is 1. The van der Waals surface area contributed by atoms with E-state index >= 15 is 0 Å². The van der Waals surface area contributed by atoms with Crippen molar-refractivity contribution in [1.29, 1.82) is 0 Å². The summed E-state index contributed by atoms with van der Waals surface area (Å²) in [7, 11) is -0.393. The number of carboxylic acid groups (broad SMARTS) is 2. The highest BCUT2D eigenvalue weighted by Crippen LogP contribution is 2.38. The van der Waals surface area contributed by atoms with Gasteiger partial charge >= 0.3 is 11.9 Å². The highest BCUT2D eigenvalue weighted by Gasteiger charge is 2.43. The standard InChI is InChI=1S/C31H39Cl2N5O6S.C4H4O4/c1-43-27-8-7-19(17-28(27)44-2)30-22-5-3-4-6-23(22)31(40)38(36-30)21-9-12-37(13-10-21)45(41,42)14-11-35-18-26(39)20-15-24(32)29(34)25(33)16-20;5-3(6)1-2-4(7)8/h3-4,7-8,15-17,21-23,26,35,39H,5-6,9-14,18,34H2,1-2H3;1-2H,(H,5,6)(H,7,8)/b;2-1+/t22-,23+,26?;/m0./s1. The van der Waals surface area contributed by atoms with Gasteiger partial charge in [-0.2, -0.15) is 5.10 Å². The Bertz CT molecular complexity index is 1830. The first-order chi connectivity index (χ1) is 25.2. The van der Waals surface area contributed by atoms with E-state index in [1.54, 1.807) is 19.2 Å². The summed E-state index contributed by atoms with van der Waals surface area (Å²) < 4.78 is 38.7. The molecule has 18 heteroatoms. The van der Waals surface area contributed by atoms with Gasteiger partial charge in [-0.15, -0.1) is 0 Å². The van der Waals surface area contributed by atoms with E-state index in [0.717, 1.165) is 17.7 Å². The predicted molar refractivity (Wildman–Crippen MR) is 200 cm³/mol. The molecule has 2 aliphatic heterocycles. The summed E-state index contributed by atoms with van der Waals surface area (Å²) in [5.41, 5.74) is 8.18. The Morgan fingerprint density at radius 1 is 1.00 bits per heavy atom. The highest BCUT2D eigenvalue weighted by molar-refractivity contribution is 7.89. The van der Waals surface area contributed by atoms with Gasteiger partial charge in [0.1, 0.15) is 0 Å². The summed E-state index contributed by atoms with van der Waals surface area (Å²) in [6.07, 6.45) is 6.65. The lowest BCUT2D eigenvalue weighted by atomic mass is 9.76. The molecule has 3 aliphatic rings. The number of piperidine rings is 1. The second-order valence-electron chi connectivity index (χ2n) is 12.5. The lowest BCUT2D eigenvalue weighted by Gasteiger charge is -2.42. The smallest absolute Gasteiger partial charge is 0.328 e. The number of aliphatic hydroxyl groups is 1. The van der Waals surface area contributed by atoms with Crippen molar-refractivity contribution in [2.75, 3.05) is 51.9 Å². The van der Waals surface area contributed by atoms with Gasteiger partial charge in [-0.3, -0.25) is 4.79 Å². The van der Waals surface area contributed by atoms with Crippen molar-refractivity contribution in [3.05, 3.63) is 75.8 Å². The zero-order valence-electron chi connectivity index (χ0n) is 29.2. The topological polar surface area (TPSA) is 221 Å². The van der Waals surface area contributed by atoms with E-state index < -0.39 is 28.1 Å². The first-order valence-corrected chi connectivity index (χ1v) is 19.1. The fourth-order valence-corrected chi connectivity index (χ4v) is 8.25. The number of fused-ring (bicyclic) bond motifs is 1. The van der Waals surface area contributed by atoms with E-state index in [-0.39, 0.29) is 71.4 Å². The number of hydrazone groups is 1. The van der Waals surface area contributed by atoms with E-state index in [4.69, 9.17) is 53.7 Å². The number of carboxylic acids is 2. The van der Waals surface area contributed by atoms with Crippen LogP contribution in [0.2, 0.25) is 10.0 Å². The number of carbonyl (C=O) groups is 3. The van der Waals surface area contributed by atoms with Gasteiger partial charge < -0.3 is 35.8 Å². The van der Waals surface area contributed by atoms with Crippen LogP contribution in [0.25, 0.3) is 0 Å². The van der Waals surface area contributed by atoms with Gasteiger partial charge in [0.25, 0.3) is 0 Å². The first kappa shape index (κ1) is 41.6. The third-order valence-corrected chi connectivity index (χ3v) is 11.6. The molecule has 1 amide bonds. The third kappa shape index (κ3) is 10.7. The molecule has 2 aromatic rings. The van der Waals surface area contributed by atoms with Crippen LogP contribution in [0.1, 0.15) is 42.9 Å². The Labute approximate surface area is 317 Å². The second-order valence-corrected chi connectivity index (χ2v) is 15.4. The number of amides is 1. The molecule has 1 unspecified atom stereocenters. The van der Waals surface area contributed by atoms with Gasteiger partial charge in [0.2, 0.25) is 15.9 Å². The molecule has 2 heterocycles. The summed E-state index contributed by atoms with van der Waals surface area (Å²) in [6.45, 7) is 0.840. The summed E-state index contributed by atoms with van der Waals surface area (Å²) in [4.78, 5) is 32.8. The Balaban J connectivity index is 0.000000703. The first-order valence-electron chi connectivity index (χ1n) is 16.7. The minimum atomic E-state index is -3.56. The largest absolute Gasteiger partial charge is 0.493 e. The highest BCUT2D eigenvalue weighted by atomic mass is 35.5. The molecule has 0 saturated carbocycles. The number of nitrogens with one attached hydrogen (secondary N) is 1. The molecule has 3 atom stereocenters. The van der Waals surface area contributed by atoms with Gasteiger partial charge in [0.05, 0.1) is 59.5 Å². The van der Waals surface area contributed by atoms with Crippen molar-refractivity contribution >= 4 is 62.5 Å². The molecular weight excluding hydrogens is 753 g/mol. The number of aliphatic hydroxyl groups excluding tert-OH is 1. The van der Waals surface area contributed by atoms with Crippen LogP contribution in [-0.4, -0.2) is 109 Å². The number of halogens is 2. The Morgan fingerprint density at radius 2 is 1.58 bits per heavy atom. The molecule has 1 aliphatic carbocycles. The molecule has 0 radical (unpaired) electrons. The minimum absolute atomic E-state index is 0.0127. The fraction of sp³-hybridized carbons (Fsp3) is 0.429. The number of ether oxygens (including phenoxy) is 2. The van der Waals surface area contributed by atoms with Crippen LogP contribution >= 0.6 is 23.2 Å². The quantitative estimate of drug-likeness (QED) is 0.0851. The monoisotopic (exact) mass is 795 g/mol. The lowest BCUT2D eigenvalue weighted by Crippen LogP contribution is -2.53. The number of aliphatic carboxylic acids is 2. The molecule has 0 bridgehead atoms. The Morgan fingerprint density at radius 3 is 2.15 bits per heavy atom. The Kier molecular flexibility index (Phi) is 14.7. The molecule has 1 saturated heterocycles. The van der Waals surface area contributed by atoms with Gasteiger partial charge in [-0.05, 0) is 61.6 Å². The number of anilines is 1. The van der Waals surface area contributed by atoms with E-state index in [1.807, 2.05) is 18.2 Å². The van der Waals surface area contributed by atoms with Crippen molar-refractivity contribution < 1.29 is 47.6 Å². The van der Waals surface area contributed by atoms with Crippen molar-refractivity contribution in [3.63, 3.8) is 0 Å². The number of sulfonamides is 1. The van der Waals surface area contributed by atoms with Crippen molar-refractivity contribution in [3.8, 4) is 11.5 Å². The average Bonchev–Trinajstić information content (AvgIpc) is 3.14. The van der Waals surface area contributed by atoms with E-state index in [1.165, 1.54) is 16.4 Å². The van der Waals surface area contributed by atoms with Crippen LogP contribution in [0.3, 0.4) is 0 Å². The molecular formula is C35H43Cl2N5O10S. The van der Waals surface area contributed by atoms with Crippen LogP contribution in [-0.2, 0) is 24.4 Å². The lowest BCUT2D eigenvalue weighted by molar-refractivity contribution is -0.141. The maximum Gasteiger partial charge on any atom is 0.328 e. The zero-order chi connectivity index (χ0) is 38.9. The summed E-state index contributed by atoms with van der Waals surface area (Å²) in [5, 5.41) is 36.1. The fourth-order valence-electron chi connectivity index (χ4n) is 6.32. The molecule has 0 spiro atoms. The number of nitrogens with two attached hydrogens (primary N) is 1. The summed E-state index contributed by atoms with van der Waals surface area (Å²) in [6, 6.07) is 8.53. The maximum atomic E-state index is 13.7. The number of methoxy groups -OCH3 is 2. The normalized spacial score (nSPS) is 19.9. The predicted octanol–water partition coefficient (Wildman–Crippen LogP) is 3.55. The van der Waals surface area contributed by atoms with Crippen LogP contribution < -0.4 is 20.5 Å². The Hall–Kier alpha value is -4.19. The van der Waals surface area contributed by atoms with Crippen LogP contribution in [0.15, 0.2) is 59.7 Å². The molecule has 288 valence electrons. The van der Waals surface area contributed by atoms with Crippen molar-refractivity contribution in [2.45, 2.75) is 37.8 Å².